The average Bonchev–Trinajstić information content (AvgIpc) is 0.923. The van der Waals surface area contributed by atoms with Crippen molar-refractivity contribution >= 4 is 39.5 Å². The van der Waals surface area contributed by atoms with Crippen molar-refractivity contribution in [2.75, 3.05) is 39.6 Å². The third kappa shape index (κ3) is 74.3. The summed E-state index contributed by atoms with van der Waals surface area (Å²) in [7, 11) is -9.97. The normalized spacial score (nSPS) is 14.4. The largest absolute Gasteiger partial charge is 0.472 e. The van der Waals surface area contributed by atoms with Crippen LogP contribution in [0.15, 0.2) is 97.2 Å². The van der Waals surface area contributed by atoms with Gasteiger partial charge in [-0.25, -0.2) is 9.13 Å². The monoisotopic (exact) mass is 1480 g/mol. The van der Waals surface area contributed by atoms with Gasteiger partial charge in [0.15, 0.2) is 12.2 Å². The van der Waals surface area contributed by atoms with Crippen LogP contribution in [-0.4, -0.2) is 96.7 Å². The molecule has 0 fully saturated rings. The molecule has 102 heavy (non-hydrogen) atoms. The van der Waals surface area contributed by atoms with Gasteiger partial charge in [-0.15, -0.1) is 0 Å². The predicted octanol–water partition coefficient (Wildman–Crippen LogP) is 23.6. The van der Waals surface area contributed by atoms with Crippen molar-refractivity contribution in [1.29, 1.82) is 0 Å². The molecular weight excluding hydrogens is 1330 g/mol. The molecule has 0 aliphatic carbocycles. The maximum Gasteiger partial charge on any atom is 0.472 e. The molecule has 0 aliphatic heterocycles. The molecule has 0 saturated heterocycles. The number of aliphatic hydroxyl groups is 1. The molecule has 0 heterocycles. The van der Waals surface area contributed by atoms with Gasteiger partial charge in [-0.2, -0.15) is 0 Å². The lowest BCUT2D eigenvalue weighted by Gasteiger charge is -2.21. The second-order valence-electron chi connectivity index (χ2n) is 27.0. The molecule has 2 unspecified atom stereocenters. The molecule has 3 N–H and O–H groups in total. The van der Waals surface area contributed by atoms with E-state index in [4.69, 9.17) is 37.0 Å². The van der Waals surface area contributed by atoms with Crippen molar-refractivity contribution in [1.82, 2.24) is 0 Å². The number of carbonyl (C=O) groups excluding carboxylic acids is 4. The van der Waals surface area contributed by atoms with Gasteiger partial charge in [0.25, 0.3) is 0 Å². The number of allylic oxidation sites excluding steroid dienone is 16. The minimum absolute atomic E-state index is 0.0735. The Morgan fingerprint density at radius 2 is 0.490 bits per heavy atom. The van der Waals surface area contributed by atoms with E-state index in [9.17, 15) is 43.2 Å². The highest BCUT2D eigenvalue weighted by atomic mass is 31.2. The standard InChI is InChI=1S/C83H146O17P2/c1-5-9-13-17-21-25-29-33-37-38-42-44-48-52-56-60-64-68-81(86)94-74-79(100-83(88)70-66-62-58-54-50-46-41-36-32-28-24-20-16-12-8-4)76-98-102(91,92)96-72-77(84)71-95-101(89,90)97-75-78(99-82(87)69-65-61-57-53-49-45-40-35-31-27-23-19-15-11-7-3)73-93-80(85)67-63-59-55-51-47-43-39-34-30-26-22-18-14-10-6-2/h21,23,25,27,33-37,39-42,44,52,56,77-79,84H,5-20,22,24,26,28-32,38,43,45-51,53-55,57-76H2,1-4H3,(H,89,90)(H,91,92)/b25-21-,27-23-,37-33-,39-34-,40-35-,41-36-,44-42-,56-52-/t77-,78+,79+/m0/s1. The molecule has 19 heteroatoms. The number of aliphatic hydroxyl groups excluding tert-OH is 1. The van der Waals surface area contributed by atoms with Gasteiger partial charge in [0.05, 0.1) is 26.4 Å². The molecule has 0 aromatic rings. The molecular formula is C83H146O17P2. The Morgan fingerprint density at radius 1 is 0.275 bits per heavy atom. The van der Waals surface area contributed by atoms with Crippen molar-refractivity contribution in [2.24, 2.45) is 0 Å². The van der Waals surface area contributed by atoms with Crippen LogP contribution in [-0.2, 0) is 65.4 Å². The van der Waals surface area contributed by atoms with Crippen LogP contribution in [0, 0.1) is 0 Å². The number of ether oxygens (including phenoxy) is 4. The maximum absolute atomic E-state index is 13.1. The summed E-state index contributed by atoms with van der Waals surface area (Å²) in [4.78, 5) is 73.0. The summed E-state index contributed by atoms with van der Waals surface area (Å²) in [5.74, 6) is -2.26. The Bertz CT molecular complexity index is 2310. The fourth-order valence-corrected chi connectivity index (χ4v) is 12.3. The van der Waals surface area contributed by atoms with Gasteiger partial charge in [-0.3, -0.25) is 37.3 Å². The van der Waals surface area contributed by atoms with E-state index in [0.717, 1.165) is 148 Å². The fourth-order valence-electron chi connectivity index (χ4n) is 10.8. The zero-order chi connectivity index (χ0) is 74.6. The molecule has 0 amide bonds. The Labute approximate surface area is 620 Å². The van der Waals surface area contributed by atoms with Gasteiger partial charge >= 0.3 is 39.5 Å². The summed E-state index contributed by atoms with van der Waals surface area (Å²) < 4.78 is 68.6. The average molecular weight is 1480 g/mol. The Morgan fingerprint density at radius 3 is 0.804 bits per heavy atom. The molecule has 0 spiro atoms. The molecule has 0 bridgehead atoms. The number of esters is 4. The van der Waals surface area contributed by atoms with Crippen LogP contribution in [0.1, 0.15) is 349 Å². The lowest BCUT2D eigenvalue weighted by Crippen LogP contribution is -2.30. The fraction of sp³-hybridized carbons (Fsp3) is 0.759. The van der Waals surface area contributed by atoms with Crippen LogP contribution in [0.2, 0.25) is 0 Å². The number of rotatable bonds is 76. The first kappa shape index (κ1) is 98.0. The molecule has 0 aromatic heterocycles. The molecule has 0 radical (unpaired) electrons. The van der Waals surface area contributed by atoms with Crippen LogP contribution in [0.4, 0.5) is 0 Å². The van der Waals surface area contributed by atoms with Crippen LogP contribution in [0.25, 0.3) is 0 Å². The zero-order valence-corrected chi connectivity index (χ0v) is 66.3. The Balaban J connectivity index is 5.42. The smallest absolute Gasteiger partial charge is 0.462 e. The van der Waals surface area contributed by atoms with E-state index in [-0.39, 0.29) is 25.7 Å². The van der Waals surface area contributed by atoms with E-state index in [0.29, 0.717) is 32.1 Å². The second-order valence-corrected chi connectivity index (χ2v) is 29.9. The second kappa shape index (κ2) is 75.2. The summed E-state index contributed by atoms with van der Waals surface area (Å²) in [6, 6.07) is 0. The first-order chi connectivity index (χ1) is 49.7. The highest BCUT2D eigenvalue weighted by Gasteiger charge is 2.30. The summed E-state index contributed by atoms with van der Waals surface area (Å²) in [6.07, 6.45) is 79.6. The van der Waals surface area contributed by atoms with Crippen molar-refractivity contribution in [3.63, 3.8) is 0 Å². The van der Waals surface area contributed by atoms with Crippen molar-refractivity contribution in [3.05, 3.63) is 97.2 Å². The number of hydrogen-bond donors (Lipinski definition) is 3. The minimum atomic E-state index is -4.99. The van der Waals surface area contributed by atoms with E-state index >= 15 is 0 Å². The highest BCUT2D eigenvalue weighted by molar-refractivity contribution is 7.47. The van der Waals surface area contributed by atoms with Crippen molar-refractivity contribution < 1.29 is 80.2 Å². The van der Waals surface area contributed by atoms with E-state index < -0.39 is 97.5 Å². The summed E-state index contributed by atoms with van der Waals surface area (Å²) >= 11 is 0. The van der Waals surface area contributed by atoms with Gasteiger partial charge in [0, 0.05) is 25.7 Å². The van der Waals surface area contributed by atoms with Gasteiger partial charge in [-0.1, -0.05) is 273 Å². The molecule has 5 atom stereocenters. The van der Waals surface area contributed by atoms with Crippen LogP contribution < -0.4 is 0 Å². The number of phosphoric acid groups is 2. The maximum atomic E-state index is 13.1. The molecule has 17 nitrogen and oxygen atoms in total. The molecule has 0 aromatic carbocycles. The topological polar surface area (TPSA) is 237 Å². The SMILES string of the molecule is CCCCC/C=C\C/C=C\C/C=C\C/C=C\CCCC(=O)OC[C@H](COP(=O)(O)OC[C@@H](O)COP(=O)(O)OC[C@@H](COC(=O)CCCCCCC/C=C\CCCCCCCC)OC(=O)CCCCCCC/C=C\C/C=C\CCCCC)OC(=O)CCCCCCC/C=C\CCCCCCCC. The molecule has 590 valence electrons. The summed E-state index contributed by atoms with van der Waals surface area (Å²) in [5, 5.41) is 10.6. The van der Waals surface area contributed by atoms with Crippen molar-refractivity contribution in [3.8, 4) is 0 Å². The molecule has 0 saturated carbocycles. The van der Waals surface area contributed by atoms with E-state index in [1.165, 1.54) is 116 Å². The Kier molecular flexibility index (Phi) is 72.3. The molecule has 0 rings (SSSR count). The zero-order valence-electron chi connectivity index (χ0n) is 64.5. The van der Waals surface area contributed by atoms with Crippen molar-refractivity contribution in [2.45, 2.75) is 367 Å². The van der Waals surface area contributed by atoms with E-state index in [2.05, 4.69) is 113 Å². The van der Waals surface area contributed by atoms with Gasteiger partial charge in [0.2, 0.25) is 0 Å². The van der Waals surface area contributed by atoms with Crippen LogP contribution >= 0.6 is 15.6 Å². The first-order valence-electron chi connectivity index (χ1n) is 40.5. The summed E-state index contributed by atoms with van der Waals surface area (Å²) in [5.41, 5.74) is 0. The summed E-state index contributed by atoms with van der Waals surface area (Å²) in [6.45, 7) is 4.75. The quantitative estimate of drug-likeness (QED) is 0.0169. The van der Waals surface area contributed by atoms with E-state index in [1.54, 1.807) is 0 Å². The Hall–Kier alpha value is -4.02. The lowest BCUT2D eigenvalue weighted by atomic mass is 10.1. The third-order valence-corrected chi connectivity index (χ3v) is 18.9. The van der Waals surface area contributed by atoms with Gasteiger partial charge in [-0.05, 0) is 148 Å². The van der Waals surface area contributed by atoms with Gasteiger partial charge < -0.3 is 33.8 Å². The third-order valence-electron chi connectivity index (χ3n) is 17.0. The van der Waals surface area contributed by atoms with Gasteiger partial charge in [0.1, 0.15) is 19.3 Å². The van der Waals surface area contributed by atoms with E-state index in [1.807, 2.05) is 12.2 Å². The number of unbranched alkanes of at least 4 members (excludes halogenated alkanes) is 34. The minimum Gasteiger partial charge on any atom is -0.462 e. The highest BCUT2D eigenvalue weighted by Crippen LogP contribution is 2.45. The molecule has 0 aliphatic rings. The predicted molar refractivity (Wildman–Crippen MR) is 418 cm³/mol. The number of carbonyl (C=O) groups is 4. The first-order valence-corrected chi connectivity index (χ1v) is 43.5. The van der Waals surface area contributed by atoms with Crippen LogP contribution in [0.3, 0.4) is 0 Å². The number of phosphoric ester groups is 2. The number of hydrogen-bond acceptors (Lipinski definition) is 15. The lowest BCUT2D eigenvalue weighted by molar-refractivity contribution is -0.161. The van der Waals surface area contributed by atoms with Crippen LogP contribution in [0.5, 0.6) is 0 Å².